The molecule has 1 N–H and O–H groups in total. The van der Waals surface area contributed by atoms with Crippen molar-refractivity contribution < 1.29 is 18.8 Å². The number of hydrogen-bond donors (Lipinski definition) is 1. The maximum atomic E-state index is 13.7. The van der Waals surface area contributed by atoms with Crippen LogP contribution in [0, 0.1) is 15.9 Å². The highest BCUT2D eigenvalue weighted by Gasteiger charge is 2.14. The Kier molecular flexibility index (Phi) is 6.45. The highest BCUT2D eigenvalue weighted by molar-refractivity contribution is 6.04. The van der Waals surface area contributed by atoms with Crippen molar-refractivity contribution in [1.29, 1.82) is 0 Å². The largest absolute Gasteiger partial charge is 0.494 e. The minimum Gasteiger partial charge on any atom is -0.494 e. The molecule has 0 unspecified atom stereocenters. The molecule has 0 heterocycles. The first-order chi connectivity index (χ1) is 12.0. The molecule has 25 heavy (non-hydrogen) atoms. The number of ether oxygens (including phenoxy) is 1. The number of rotatable bonds is 8. The van der Waals surface area contributed by atoms with Gasteiger partial charge < -0.3 is 10.1 Å². The van der Waals surface area contributed by atoms with Crippen LogP contribution in [0.5, 0.6) is 5.75 Å². The molecule has 132 valence electrons. The molecule has 2 rings (SSSR count). The molecular formula is C18H19FN2O4. The topological polar surface area (TPSA) is 81.5 Å². The summed E-state index contributed by atoms with van der Waals surface area (Å²) in [5, 5.41) is 13.1. The molecule has 2 aromatic carbocycles. The van der Waals surface area contributed by atoms with Gasteiger partial charge in [0.1, 0.15) is 11.6 Å². The van der Waals surface area contributed by atoms with Gasteiger partial charge in [-0.2, -0.15) is 0 Å². The van der Waals surface area contributed by atoms with Crippen LogP contribution in [0.3, 0.4) is 0 Å². The highest BCUT2D eigenvalue weighted by atomic mass is 19.1. The third-order valence-electron chi connectivity index (χ3n) is 3.54. The fourth-order valence-corrected chi connectivity index (χ4v) is 2.16. The zero-order chi connectivity index (χ0) is 18.2. The lowest BCUT2D eigenvalue weighted by molar-refractivity contribution is -0.384. The molecule has 0 fully saturated rings. The summed E-state index contributed by atoms with van der Waals surface area (Å²) in [7, 11) is 0. The maximum absolute atomic E-state index is 13.7. The summed E-state index contributed by atoms with van der Waals surface area (Å²) in [6, 6.07) is 9.39. The standard InChI is InChI=1S/C18H19FN2O4/c1-2-3-4-11-25-15-8-5-13(6-9-15)18(22)20-17-12-14(21(23)24)7-10-16(17)19/h5-10,12H,2-4,11H2,1H3,(H,20,22). The number of hydrogen-bond acceptors (Lipinski definition) is 4. The van der Waals surface area contributed by atoms with Crippen molar-refractivity contribution in [1.82, 2.24) is 0 Å². The molecule has 0 saturated carbocycles. The van der Waals surface area contributed by atoms with Gasteiger partial charge in [-0.1, -0.05) is 19.8 Å². The number of nitrogens with one attached hydrogen (secondary N) is 1. The van der Waals surface area contributed by atoms with Crippen molar-refractivity contribution in [3.8, 4) is 5.75 Å². The highest BCUT2D eigenvalue weighted by Crippen LogP contribution is 2.22. The molecule has 7 heteroatoms. The van der Waals surface area contributed by atoms with E-state index in [1.54, 1.807) is 24.3 Å². The van der Waals surface area contributed by atoms with Crippen LogP contribution in [-0.2, 0) is 0 Å². The average Bonchev–Trinajstić information content (AvgIpc) is 2.61. The second-order valence-corrected chi connectivity index (χ2v) is 5.46. The summed E-state index contributed by atoms with van der Waals surface area (Å²) in [6.07, 6.45) is 3.16. The zero-order valence-electron chi connectivity index (χ0n) is 13.8. The first-order valence-corrected chi connectivity index (χ1v) is 7.99. The van der Waals surface area contributed by atoms with Crippen LogP contribution >= 0.6 is 0 Å². The van der Waals surface area contributed by atoms with Crippen LogP contribution in [0.2, 0.25) is 0 Å². The Bertz CT molecular complexity index is 747. The van der Waals surface area contributed by atoms with Gasteiger partial charge in [-0.05, 0) is 36.8 Å². The molecule has 0 spiro atoms. The monoisotopic (exact) mass is 346 g/mol. The third kappa shape index (κ3) is 5.27. The predicted molar refractivity (Wildman–Crippen MR) is 92.5 cm³/mol. The number of unbranched alkanes of at least 4 members (excludes halogenated alkanes) is 2. The molecule has 0 aliphatic carbocycles. The summed E-state index contributed by atoms with van der Waals surface area (Å²) in [4.78, 5) is 22.3. The lowest BCUT2D eigenvalue weighted by atomic mass is 10.2. The smallest absolute Gasteiger partial charge is 0.271 e. The van der Waals surface area contributed by atoms with Crippen LogP contribution in [0.1, 0.15) is 36.5 Å². The van der Waals surface area contributed by atoms with E-state index in [0.29, 0.717) is 17.9 Å². The van der Waals surface area contributed by atoms with Crippen LogP contribution in [0.15, 0.2) is 42.5 Å². The molecule has 0 aliphatic heterocycles. The first kappa shape index (κ1) is 18.4. The second-order valence-electron chi connectivity index (χ2n) is 5.46. The third-order valence-corrected chi connectivity index (χ3v) is 3.54. The molecule has 1 amide bonds. The van der Waals surface area contributed by atoms with E-state index in [1.807, 2.05) is 0 Å². The normalized spacial score (nSPS) is 10.3. The van der Waals surface area contributed by atoms with Gasteiger partial charge in [-0.15, -0.1) is 0 Å². The fraction of sp³-hybridized carbons (Fsp3) is 0.278. The Hall–Kier alpha value is -2.96. The van der Waals surface area contributed by atoms with Crippen LogP contribution in [0.25, 0.3) is 0 Å². The summed E-state index contributed by atoms with van der Waals surface area (Å²) in [6.45, 7) is 2.72. The number of amides is 1. The van der Waals surface area contributed by atoms with Crippen LogP contribution < -0.4 is 10.1 Å². The Morgan fingerprint density at radius 1 is 1.20 bits per heavy atom. The second kappa shape index (κ2) is 8.77. The average molecular weight is 346 g/mol. The molecule has 0 radical (unpaired) electrons. The fourth-order valence-electron chi connectivity index (χ4n) is 2.16. The number of anilines is 1. The van der Waals surface area contributed by atoms with Crippen LogP contribution in [0.4, 0.5) is 15.8 Å². The molecule has 0 bridgehead atoms. The van der Waals surface area contributed by atoms with Gasteiger partial charge in [-0.25, -0.2) is 4.39 Å². The number of nitrogens with zero attached hydrogens (tertiary/aromatic N) is 1. The van der Waals surface area contributed by atoms with Gasteiger partial charge in [-0.3, -0.25) is 14.9 Å². The van der Waals surface area contributed by atoms with E-state index in [2.05, 4.69) is 12.2 Å². The quantitative estimate of drug-likeness (QED) is 0.432. The van der Waals surface area contributed by atoms with Gasteiger partial charge >= 0.3 is 0 Å². The number of nitro groups is 1. The number of carbonyl (C=O) groups excluding carboxylic acids is 1. The zero-order valence-corrected chi connectivity index (χ0v) is 13.8. The predicted octanol–water partition coefficient (Wildman–Crippen LogP) is 4.56. The number of non-ortho nitro benzene ring substituents is 1. The summed E-state index contributed by atoms with van der Waals surface area (Å²) in [5.74, 6) is -0.652. The summed E-state index contributed by atoms with van der Waals surface area (Å²) in [5.41, 5.74) is -0.238. The van der Waals surface area contributed by atoms with Crippen molar-refractivity contribution in [2.75, 3.05) is 11.9 Å². The lowest BCUT2D eigenvalue weighted by Gasteiger charge is -2.08. The lowest BCUT2D eigenvalue weighted by Crippen LogP contribution is -2.13. The molecule has 0 aliphatic rings. The molecular weight excluding hydrogens is 327 g/mol. The van der Waals surface area contributed by atoms with Crippen molar-refractivity contribution in [3.05, 3.63) is 64.0 Å². The number of carbonyl (C=O) groups is 1. The van der Waals surface area contributed by atoms with Crippen molar-refractivity contribution in [2.24, 2.45) is 0 Å². The molecule has 2 aromatic rings. The first-order valence-electron chi connectivity index (χ1n) is 7.99. The minimum atomic E-state index is -0.741. The van der Waals surface area contributed by atoms with Gasteiger partial charge in [0.15, 0.2) is 0 Å². The van der Waals surface area contributed by atoms with Crippen molar-refractivity contribution >= 4 is 17.3 Å². The van der Waals surface area contributed by atoms with E-state index in [9.17, 15) is 19.3 Å². The Balaban J connectivity index is 2.01. The summed E-state index contributed by atoms with van der Waals surface area (Å²) >= 11 is 0. The van der Waals surface area contributed by atoms with E-state index in [-0.39, 0.29) is 11.4 Å². The Morgan fingerprint density at radius 2 is 1.92 bits per heavy atom. The Morgan fingerprint density at radius 3 is 2.56 bits per heavy atom. The number of benzene rings is 2. The molecule has 0 aromatic heterocycles. The minimum absolute atomic E-state index is 0.237. The van der Waals surface area contributed by atoms with E-state index in [4.69, 9.17) is 4.74 Å². The van der Waals surface area contributed by atoms with E-state index >= 15 is 0 Å². The van der Waals surface area contributed by atoms with Gasteiger partial charge in [0.05, 0.1) is 17.2 Å². The maximum Gasteiger partial charge on any atom is 0.271 e. The van der Waals surface area contributed by atoms with Gasteiger partial charge in [0.2, 0.25) is 0 Å². The Labute approximate surface area is 144 Å². The van der Waals surface area contributed by atoms with E-state index in [0.717, 1.165) is 37.5 Å². The van der Waals surface area contributed by atoms with E-state index < -0.39 is 16.6 Å². The van der Waals surface area contributed by atoms with Gasteiger partial charge in [0, 0.05) is 17.7 Å². The van der Waals surface area contributed by atoms with Gasteiger partial charge in [0.25, 0.3) is 11.6 Å². The summed E-state index contributed by atoms with van der Waals surface area (Å²) < 4.78 is 19.3. The van der Waals surface area contributed by atoms with Crippen LogP contribution in [-0.4, -0.2) is 17.4 Å². The molecule has 6 nitrogen and oxygen atoms in total. The van der Waals surface area contributed by atoms with Crippen molar-refractivity contribution in [3.63, 3.8) is 0 Å². The number of halogens is 1. The van der Waals surface area contributed by atoms with Crippen molar-refractivity contribution in [2.45, 2.75) is 26.2 Å². The van der Waals surface area contributed by atoms with E-state index in [1.165, 1.54) is 0 Å². The SMILES string of the molecule is CCCCCOc1ccc(C(=O)Nc2cc([N+](=O)[O-])ccc2F)cc1. The molecule has 0 atom stereocenters. The molecule has 0 saturated heterocycles. The number of nitro benzene ring substituents is 1.